The fraction of sp³-hybridized carbons (Fsp3) is 0.829. The predicted octanol–water partition coefficient (Wildman–Crippen LogP) is 4.41. The van der Waals surface area contributed by atoms with Gasteiger partial charge in [-0.25, -0.2) is 13.2 Å². The second kappa shape index (κ2) is 16.1. The summed E-state index contributed by atoms with van der Waals surface area (Å²) in [6.07, 6.45) is 16.8. The van der Waals surface area contributed by atoms with E-state index in [1.165, 1.54) is 0 Å². The molecule has 5 rings (SSSR count). The average Bonchev–Trinajstić information content (AvgIpc) is 3.40. The van der Waals surface area contributed by atoms with Gasteiger partial charge in [0.1, 0.15) is 12.1 Å². The highest BCUT2D eigenvalue weighted by atomic mass is 32.2. The lowest BCUT2D eigenvalue weighted by atomic mass is 9.70. The van der Waals surface area contributed by atoms with Crippen molar-refractivity contribution < 1.29 is 32.4 Å². The van der Waals surface area contributed by atoms with E-state index in [9.17, 15) is 32.4 Å². The first-order chi connectivity index (χ1) is 25.3. The molecule has 4 N–H and O–H groups in total. The second-order valence-electron chi connectivity index (χ2n) is 18.7. The Morgan fingerprint density at radius 3 is 2.07 bits per heavy atom. The molecule has 0 spiro atoms. The molecule has 13 heteroatoms. The summed E-state index contributed by atoms with van der Waals surface area (Å²) in [4.78, 5) is 71.3. The van der Waals surface area contributed by atoms with Crippen molar-refractivity contribution in [2.24, 2.45) is 28.6 Å². The molecule has 1 heterocycles. The van der Waals surface area contributed by atoms with Gasteiger partial charge in [-0.2, -0.15) is 0 Å². The van der Waals surface area contributed by atoms with Gasteiger partial charge in [-0.3, -0.25) is 19.2 Å². The highest BCUT2D eigenvalue weighted by Gasteiger charge is 2.70. The number of terminal acetylenes is 1. The Kier molecular flexibility index (Phi) is 12.6. The van der Waals surface area contributed by atoms with Gasteiger partial charge in [-0.1, -0.05) is 91.4 Å². The van der Waals surface area contributed by atoms with Gasteiger partial charge in [0.25, 0.3) is 5.91 Å². The number of hydrogen-bond donors (Lipinski definition) is 4. The Morgan fingerprint density at radius 1 is 0.907 bits per heavy atom. The van der Waals surface area contributed by atoms with E-state index in [1.807, 2.05) is 13.8 Å². The maximum absolute atomic E-state index is 15.0. The van der Waals surface area contributed by atoms with Crippen LogP contribution in [-0.4, -0.2) is 90.1 Å². The van der Waals surface area contributed by atoms with Crippen LogP contribution in [-0.2, 0) is 29.0 Å². The number of piperidine rings is 1. The van der Waals surface area contributed by atoms with Crippen LogP contribution >= 0.6 is 0 Å². The van der Waals surface area contributed by atoms with E-state index in [4.69, 9.17) is 6.42 Å². The Morgan fingerprint density at radius 2 is 1.52 bits per heavy atom. The Hall–Kier alpha value is -3.14. The fourth-order valence-electron chi connectivity index (χ4n) is 9.81. The molecule has 3 unspecified atom stereocenters. The van der Waals surface area contributed by atoms with Crippen LogP contribution in [0, 0.1) is 40.9 Å². The van der Waals surface area contributed by atoms with Crippen molar-refractivity contribution in [3.05, 3.63) is 0 Å². The molecule has 1 aliphatic heterocycles. The lowest BCUT2D eigenvalue weighted by Crippen LogP contribution is -2.65. The van der Waals surface area contributed by atoms with Crippen molar-refractivity contribution in [2.75, 3.05) is 18.8 Å². The van der Waals surface area contributed by atoms with Gasteiger partial charge >= 0.3 is 6.03 Å². The third-order valence-corrected chi connectivity index (χ3v) is 17.2. The van der Waals surface area contributed by atoms with E-state index in [0.717, 1.165) is 57.8 Å². The minimum Gasteiger partial charge on any atom is -0.344 e. The van der Waals surface area contributed by atoms with Crippen LogP contribution in [0.1, 0.15) is 138 Å². The molecule has 54 heavy (non-hydrogen) atoms. The molecule has 5 aliphatic rings. The minimum absolute atomic E-state index is 0.0585. The van der Waals surface area contributed by atoms with Gasteiger partial charge in [-0.05, 0) is 81.0 Å². The third-order valence-electron chi connectivity index (χ3n) is 14.3. The van der Waals surface area contributed by atoms with Crippen molar-refractivity contribution in [1.29, 1.82) is 0 Å². The SMILES string of the molecule is C#CCNC(=O)C(=O)C(CC1CCC1)NC(=O)[C@@H]1C2C(CN1C(=O)[C@@H](NC(=O)NC1(CS(=O)(=O)C(C)(C)CC)CCCCC1)C1(C)CCCCC1)C2(C)C. The van der Waals surface area contributed by atoms with Gasteiger partial charge < -0.3 is 26.2 Å². The molecule has 5 amide bonds. The largest absolute Gasteiger partial charge is 0.344 e. The van der Waals surface area contributed by atoms with Gasteiger partial charge in [0.15, 0.2) is 9.84 Å². The molecule has 0 radical (unpaired) electrons. The number of nitrogens with zero attached hydrogens (tertiary/aromatic N) is 1. The van der Waals surface area contributed by atoms with Gasteiger partial charge in [0.2, 0.25) is 17.6 Å². The van der Waals surface area contributed by atoms with Crippen LogP contribution in [0.3, 0.4) is 0 Å². The summed E-state index contributed by atoms with van der Waals surface area (Å²) in [5, 5.41) is 11.5. The average molecular weight is 772 g/mol. The number of sulfone groups is 1. The normalized spacial score (nSPS) is 26.8. The second-order valence-corrected chi connectivity index (χ2v) is 21.3. The van der Waals surface area contributed by atoms with E-state index in [1.54, 1.807) is 18.7 Å². The molecule has 0 aromatic rings. The van der Waals surface area contributed by atoms with Crippen LogP contribution in [0.25, 0.3) is 0 Å². The Balaban J connectivity index is 1.40. The van der Waals surface area contributed by atoms with E-state index < -0.39 is 67.3 Å². The first-order valence-electron chi connectivity index (χ1n) is 20.5. The lowest BCUT2D eigenvalue weighted by molar-refractivity contribution is -0.146. The number of Topliss-reactive ketones (excluding diaryl/α,β-unsaturated/α-hetero) is 1. The van der Waals surface area contributed by atoms with E-state index in [-0.39, 0.29) is 41.4 Å². The van der Waals surface area contributed by atoms with Gasteiger partial charge in [-0.15, -0.1) is 6.42 Å². The van der Waals surface area contributed by atoms with Crippen LogP contribution in [0.15, 0.2) is 0 Å². The van der Waals surface area contributed by atoms with Crippen molar-refractivity contribution >= 4 is 39.4 Å². The Labute approximate surface area is 323 Å². The zero-order chi connectivity index (χ0) is 39.7. The van der Waals surface area contributed by atoms with Crippen LogP contribution in [0.4, 0.5) is 4.79 Å². The molecule has 0 aromatic carbocycles. The number of carbonyl (C=O) groups is 5. The molecule has 0 aromatic heterocycles. The predicted molar refractivity (Wildman–Crippen MR) is 208 cm³/mol. The number of hydrogen-bond acceptors (Lipinski definition) is 7. The third kappa shape index (κ3) is 8.63. The van der Waals surface area contributed by atoms with E-state index in [2.05, 4.69) is 41.0 Å². The molecule has 302 valence electrons. The fourth-order valence-corrected chi connectivity index (χ4v) is 11.7. The lowest BCUT2D eigenvalue weighted by Gasteiger charge is -2.44. The zero-order valence-corrected chi connectivity index (χ0v) is 34.3. The first kappa shape index (κ1) is 42.0. The molecule has 12 nitrogen and oxygen atoms in total. The maximum Gasteiger partial charge on any atom is 0.315 e. The van der Waals surface area contributed by atoms with Crippen LogP contribution in [0.5, 0.6) is 0 Å². The minimum atomic E-state index is -3.59. The zero-order valence-electron chi connectivity index (χ0n) is 33.5. The van der Waals surface area contributed by atoms with Crippen molar-refractivity contribution in [3.63, 3.8) is 0 Å². The van der Waals surface area contributed by atoms with Crippen molar-refractivity contribution in [2.45, 2.75) is 166 Å². The molecule has 5 atom stereocenters. The first-order valence-corrected chi connectivity index (χ1v) is 22.1. The topological polar surface area (TPSA) is 171 Å². The summed E-state index contributed by atoms with van der Waals surface area (Å²) in [6, 6.07) is -3.45. The summed E-state index contributed by atoms with van der Waals surface area (Å²) in [5.74, 6) is -0.157. The number of amides is 5. The van der Waals surface area contributed by atoms with E-state index in [0.29, 0.717) is 45.1 Å². The molecule has 1 saturated heterocycles. The number of nitrogens with one attached hydrogen (secondary N) is 4. The Bertz CT molecular complexity index is 1600. The summed E-state index contributed by atoms with van der Waals surface area (Å²) in [6.45, 7) is 11.7. The van der Waals surface area contributed by atoms with Crippen LogP contribution < -0.4 is 21.3 Å². The standard InChI is InChI=1S/C41H65N5O7S/c1-8-23-42-35(49)32(47)29(24-27-17-16-18-27)43-34(48)31-30-28(39(30,5)6)25-46(31)36(50)33(40(7)19-12-10-13-20-40)44-37(51)45-41(21-14-11-15-22-41)26-54(52,53)38(3,4)9-2/h1,27-31,33H,9-26H2,2-7H3,(H,42,49)(H,43,48)(H2,44,45,51)/t28?,29?,30?,31-,33+/m0/s1. The summed E-state index contributed by atoms with van der Waals surface area (Å²) in [5.41, 5.74) is -1.76. The molecule has 5 fully saturated rings. The number of carbonyl (C=O) groups excluding carboxylic acids is 5. The van der Waals surface area contributed by atoms with Crippen molar-refractivity contribution in [1.82, 2.24) is 26.2 Å². The van der Waals surface area contributed by atoms with Gasteiger partial charge in [0, 0.05) is 6.54 Å². The van der Waals surface area contributed by atoms with E-state index >= 15 is 0 Å². The molecule has 0 bridgehead atoms. The molecular formula is C41H65N5O7S. The monoisotopic (exact) mass is 771 g/mol. The summed E-state index contributed by atoms with van der Waals surface area (Å²) < 4.78 is 26.4. The number of rotatable bonds is 15. The summed E-state index contributed by atoms with van der Waals surface area (Å²) >= 11 is 0. The summed E-state index contributed by atoms with van der Waals surface area (Å²) in [7, 11) is -3.59. The number of ketones is 1. The number of likely N-dealkylation sites (tertiary alicyclic amines) is 1. The maximum atomic E-state index is 15.0. The highest BCUT2D eigenvalue weighted by Crippen LogP contribution is 2.65. The molecule has 4 aliphatic carbocycles. The van der Waals surface area contributed by atoms with Crippen LogP contribution in [0.2, 0.25) is 0 Å². The number of urea groups is 1. The molecule has 4 saturated carbocycles. The quantitative estimate of drug-likeness (QED) is 0.141. The smallest absolute Gasteiger partial charge is 0.315 e. The molecular weight excluding hydrogens is 707 g/mol. The van der Waals surface area contributed by atoms with Crippen molar-refractivity contribution in [3.8, 4) is 12.3 Å². The number of fused-ring (bicyclic) bond motifs is 1. The van der Waals surface area contributed by atoms with Gasteiger partial charge in [0.05, 0.1) is 28.6 Å². The highest BCUT2D eigenvalue weighted by molar-refractivity contribution is 7.92.